The van der Waals surface area contributed by atoms with Crippen molar-refractivity contribution in [3.8, 4) is 0 Å². The van der Waals surface area contributed by atoms with E-state index < -0.39 is 5.54 Å². The molecule has 4 atom stereocenters. The summed E-state index contributed by atoms with van der Waals surface area (Å²) in [5.74, 6) is 0.272. The van der Waals surface area contributed by atoms with Gasteiger partial charge in [-0.3, -0.25) is 4.79 Å². The molecule has 20 heavy (non-hydrogen) atoms. The number of fused-ring (bicyclic) bond motifs is 1. The summed E-state index contributed by atoms with van der Waals surface area (Å²) in [5, 5.41) is 0. The summed E-state index contributed by atoms with van der Waals surface area (Å²) in [4.78, 5) is 14.3. The smallest absolute Gasteiger partial charge is 0.226 e. The fourth-order valence-corrected chi connectivity index (χ4v) is 3.26. The number of ether oxygens (including phenoxy) is 1. The molecule has 2 aliphatic heterocycles. The van der Waals surface area contributed by atoms with Crippen LogP contribution in [-0.2, 0) is 9.53 Å². The SMILES string of the molecule is CC1C(=O)N2C(c3ccccc3)OC[C@@]2([CH-]N)C1C.[Rf]. The third-order valence-electron chi connectivity index (χ3n) is 4.69. The first-order chi connectivity index (χ1) is 9.12. The minimum Gasteiger partial charge on any atom is -0.481 e. The van der Waals surface area contributed by atoms with Crippen molar-refractivity contribution in [3.05, 3.63) is 42.4 Å². The summed E-state index contributed by atoms with van der Waals surface area (Å²) in [5.41, 5.74) is 6.41. The van der Waals surface area contributed by atoms with Crippen LogP contribution in [0.4, 0.5) is 0 Å². The van der Waals surface area contributed by atoms with Crippen LogP contribution in [0.15, 0.2) is 30.3 Å². The average molecular weight is 526 g/mol. The molecule has 2 aliphatic rings. The van der Waals surface area contributed by atoms with Crippen molar-refractivity contribution in [3.63, 3.8) is 0 Å². The molecule has 2 N–H and O–H groups in total. The van der Waals surface area contributed by atoms with Crippen LogP contribution in [0.2, 0.25) is 0 Å². The van der Waals surface area contributed by atoms with Crippen molar-refractivity contribution in [2.75, 3.05) is 6.61 Å². The van der Waals surface area contributed by atoms with Crippen molar-refractivity contribution < 1.29 is 9.53 Å². The van der Waals surface area contributed by atoms with Crippen molar-refractivity contribution >= 4 is 5.91 Å². The second-order valence-corrected chi connectivity index (χ2v) is 5.52. The van der Waals surface area contributed by atoms with Gasteiger partial charge in [-0.1, -0.05) is 44.2 Å². The molecule has 1 aromatic carbocycles. The van der Waals surface area contributed by atoms with E-state index in [0.29, 0.717) is 6.61 Å². The van der Waals surface area contributed by atoms with Gasteiger partial charge in [0.15, 0.2) is 6.23 Å². The van der Waals surface area contributed by atoms with Crippen LogP contribution in [-0.4, -0.2) is 23.0 Å². The van der Waals surface area contributed by atoms with Crippen LogP contribution in [0.3, 0.4) is 0 Å². The summed E-state index contributed by atoms with van der Waals surface area (Å²) < 4.78 is 5.88. The molecule has 4 nitrogen and oxygen atoms in total. The van der Waals surface area contributed by atoms with Crippen LogP contribution in [0.5, 0.6) is 0 Å². The number of carbonyl (C=O) groups excluding carboxylic acids is 1. The molecule has 0 saturated carbocycles. The molecule has 2 heterocycles. The van der Waals surface area contributed by atoms with Crippen molar-refractivity contribution in [2.45, 2.75) is 25.6 Å². The van der Waals surface area contributed by atoms with Gasteiger partial charge in [0.2, 0.25) is 5.91 Å². The van der Waals surface area contributed by atoms with Gasteiger partial charge < -0.3 is 15.4 Å². The van der Waals surface area contributed by atoms with E-state index in [1.807, 2.05) is 42.2 Å². The van der Waals surface area contributed by atoms with Gasteiger partial charge in [0.25, 0.3) is 0 Å². The third-order valence-corrected chi connectivity index (χ3v) is 4.69. The van der Waals surface area contributed by atoms with Gasteiger partial charge in [-0.2, -0.15) is 0 Å². The predicted molar refractivity (Wildman–Crippen MR) is 71.5 cm³/mol. The van der Waals surface area contributed by atoms with Crippen LogP contribution in [0, 0.1) is 18.4 Å². The molecule has 2 fully saturated rings. The molecule has 0 spiro atoms. The Morgan fingerprint density at radius 2 is 2.00 bits per heavy atom. The van der Waals surface area contributed by atoms with Crippen molar-refractivity contribution in [1.29, 1.82) is 0 Å². The van der Waals surface area contributed by atoms with E-state index in [1.54, 1.807) is 6.54 Å². The van der Waals surface area contributed by atoms with Gasteiger partial charge in [0.1, 0.15) is 0 Å². The zero-order chi connectivity index (χ0) is 13.6. The van der Waals surface area contributed by atoms with Crippen molar-refractivity contribution in [2.24, 2.45) is 17.6 Å². The van der Waals surface area contributed by atoms with E-state index in [0.717, 1.165) is 5.56 Å². The first-order valence-corrected chi connectivity index (χ1v) is 6.67. The molecule has 0 aromatic heterocycles. The normalized spacial score (nSPS) is 35.9. The van der Waals surface area contributed by atoms with E-state index >= 15 is 0 Å². The molecular formula is C15H19N2O2Rf-. The molecule has 0 radical (unpaired) electrons. The third kappa shape index (κ3) is 1.53. The Morgan fingerprint density at radius 3 is 2.60 bits per heavy atom. The summed E-state index contributed by atoms with van der Waals surface area (Å²) in [6.45, 7) is 6.16. The van der Waals surface area contributed by atoms with E-state index in [4.69, 9.17) is 10.5 Å². The molecule has 5 heteroatoms. The second-order valence-electron chi connectivity index (χ2n) is 5.52. The Bertz CT molecular complexity index is 496. The Kier molecular flexibility index (Phi) is 3.24. The van der Waals surface area contributed by atoms with Crippen LogP contribution in [0.1, 0.15) is 25.6 Å². The Balaban J connectivity index is 0.00000147. The summed E-state index contributed by atoms with van der Waals surface area (Å²) in [6.07, 6.45) is -0.319. The molecule has 3 unspecified atom stereocenters. The molecule has 3 rings (SSSR count). The predicted octanol–water partition coefficient (Wildman–Crippen LogP) is 1.69. The van der Waals surface area contributed by atoms with E-state index in [2.05, 4.69) is 6.92 Å². The Hall–Kier alpha value is -2.39. The standard InChI is InChI=1S/C15H19N2O2.Rf/c1-10-11(2)15(8-16)9-19-14(17(15)13(10)18)12-6-4-3-5-7-12;/h3-8,10-11,14H,9,16H2,1-2H3;/q-1;/t10?,11?,14?,15-;/m0./s1. The van der Waals surface area contributed by atoms with Crippen LogP contribution < -0.4 is 5.73 Å². The van der Waals surface area contributed by atoms with Gasteiger partial charge in [-0.15, -0.1) is 0 Å². The molecule has 1 amide bonds. The van der Waals surface area contributed by atoms with Crippen molar-refractivity contribution in [1.82, 2.24) is 4.90 Å². The minimum absolute atomic E-state index is 0. The molecule has 104 valence electrons. The van der Waals surface area contributed by atoms with Gasteiger partial charge in [-0.25, -0.2) is 6.54 Å². The van der Waals surface area contributed by atoms with E-state index in [1.165, 1.54) is 0 Å². The number of benzene rings is 1. The summed E-state index contributed by atoms with van der Waals surface area (Å²) in [7, 11) is 0. The molecule has 0 bridgehead atoms. The maximum absolute atomic E-state index is 12.5. The van der Waals surface area contributed by atoms with E-state index in [-0.39, 0.29) is 24.0 Å². The van der Waals surface area contributed by atoms with Gasteiger partial charge in [-0.05, 0) is 11.5 Å². The first-order valence-electron chi connectivity index (χ1n) is 6.67. The first kappa shape index (κ1) is 14.0. The quantitative estimate of drug-likeness (QED) is 0.598. The number of amides is 1. The summed E-state index contributed by atoms with van der Waals surface area (Å²) >= 11 is 0. The fraction of sp³-hybridized carbons (Fsp3) is 0.467. The van der Waals surface area contributed by atoms with Gasteiger partial charge >= 0.3 is 0 Å². The molecular weight excluding hydrogens is 507 g/mol. The summed E-state index contributed by atoms with van der Waals surface area (Å²) in [6, 6.07) is 9.84. The van der Waals surface area contributed by atoms with E-state index in [9.17, 15) is 4.79 Å². The number of nitrogens with zero attached hydrogens (tertiary/aromatic N) is 1. The number of rotatable bonds is 2. The topological polar surface area (TPSA) is 55.6 Å². The number of nitrogens with two attached hydrogens (primary N) is 1. The molecule has 2 saturated heterocycles. The van der Waals surface area contributed by atoms with Crippen LogP contribution in [0.25, 0.3) is 0 Å². The number of hydrogen-bond donors (Lipinski definition) is 1. The van der Waals surface area contributed by atoms with Gasteiger partial charge in [0.05, 0.1) is 0 Å². The maximum Gasteiger partial charge on any atom is 0.226 e. The fourth-order valence-electron chi connectivity index (χ4n) is 3.26. The second kappa shape index (κ2) is 4.62. The Morgan fingerprint density at radius 1 is 1.35 bits per heavy atom. The zero-order valence-electron chi connectivity index (χ0n) is 12.0. The Labute approximate surface area is 113 Å². The molecule has 1 aromatic rings. The largest absolute Gasteiger partial charge is 0.481 e. The van der Waals surface area contributed by atoms with Crippen LogP contribution >= 0.6 is 0 Å². The zero-order valence-corrected chi connectivity index (χ0v) is 18.4. The number of carbonyl (C=O) groups is 1. The van der Waals surface area contributed by atoms with Gasteiger partial charge in [0, 0.05) is 18.1 Å². The monoisotopic (exact) mass is 526 g/mol. The average Bonchev–Trinajstić information content (AvgIpc) is 2.93. The minimum atomic E-state index is -0.461. The maximum atomic E-state index is 12.5. The number of hydrogen-bond acceptors (Lipinski definition) is 3. The molecule has 0 aliphatic carbocycles.